The summed E-state index contributed by atoms with van der Waals surface area (Å²) in [6.45, 7) is 0. The van der Waals surface area contributed by atoms with E-state index in [2.05, 4.69) is 5.32 Å². The fourth-order valence-electron chi connectivity index (χ4n) is 3.95. The van der Waals surface area contributed by atoms with E-state index in [4.69, 9.17) is 9.47 Å². The molecule has 0 fully saturated rings. The fourth-order valence-corrected chi connectivity index (χ4v) is 3.95. The summed E-state index contributed by atoms with van der Waals surface area (Å²) in [5.41, 5.74) is 1.94. The molecular formula is C22H18NO6-. The molecule has 3 atom stereocenters. The van der Waals surface area contributed by atoms with Gasteiger partial charge in [-0.05, 0) is 48.2 Å². The lowest BCUT2D eigenvalue weighted by Crippen LogP contribution is -2.48. The van der Waals surface area contributed by atoms with Crippen molar-refractivity contribution < 1.29 is 29.0 Å². The van der Waals surface area contributed by atoms with Gasteiger partial charge in [0.15, 0.2) is 0 Å². The van der Waals surface area contributed by atoms with Crippen molar-refractivity contribution in [3.05, 3.63) is 71.3 Å². The number of methoxy groups -OCH3 is 1. The molecule has 2 aromatic rings. The summed E-state index contributed by atoms with van der Waals surface area (Å²) in [5, 5.41) is 14.5. The number of hydrogen-bond acceptors (Lipinski definition) is 7. The summed E-state index contributed by atoms with van der Waals surface area (Å²) in [4.78, 5) is 36.1. The van der Waals surface area contributed by atoms with Gasteiger partial charge in [0.1, 0.15) is 11.3 Å². The first-order valence-electron chi connectivity index (χ1n) is 9.17. The van der Waals surface area contributed by atoms with Crippen molar-refractivity contribution in [3.63, 3.8) is 0 Å². The first kappa shape index (κ1) is 18.7. The molecular weight excluding hydrogens is 374 g/mol. The third-order valence-corrected chi connectivity index (χ3v) is 5.35. The number of carboxylic acid groups (broad SMARTS) is 1. The summed E-state index contributed by atoms with van der Waals surface area (Å²) in [6, 6.07) is 10.5. The Bertz CT molecular complexity index is 1030. The Morgan fingerprint density at radius 2 is 1.90 bits per heavy atom. The van der Waals surface area contributed by atoms with Gasteiger partial charge in [0.25, 0.3) is 0 Å². The molecule has 0 saturated carbocycles. The lowest BCUT2D eigenvalue weighted by Gasteiger charge is -2.37. The number of anilines is 1. The smallest absolute Gasteiger partial charge is 0.343 e. The molecule has 0 spiro atoms. The Hall–Kier alpha value is -3.61. The van der Waals surface area contributed by atoms with Crippen molar-refractivity contribution >= 4 is 23.6 Å². The van der Waals surface area contributed by atoms with E-state index in [1.165, 1.54) is 19.2 Å². The van der Waals surface area contributed by atoms with Gasteiger partial charge in [0.05, 0.1) is 24.7 Å². The van der Waals surface area contributed by atoms with Gasteiger partial charge in [-0.15, -0.1) is 0 Å². The monoisotopic (exact) mass is 392 g/mol. The summed E-state index contributed by atoms with van der Waals surface area (Å²) in [7, 11) is 1.25. The zero-order chi connectivity index (χ0) is 20.5. The van der Waals surface area contributed by atoms with Crippen LogP contribution in [0.15, 0.2) is 54.6 Å². The molecule has 1 N–H and O–H groups in total. The highest BCUT2D eigenvalue weighted by Crippen LogP contribution is 2.44. The van der Waals surface area contributed by atoms with E-state index >= 15 is 0 Å². The second-order valence-electron chi connectivity index (χ2n) is 6.97. The minimum absolute atomic E-state index is 0.107. The minimum atomic E-state index is -1.14. The van der Waals surface area contributed by atoms with Gasteiger partial charge in [-0.1, -0.05) is 24.3 Å². The van der Waals surface area contributed by atoms with Gasteiger partial charge in [-0.3, -0.25) is 0 Å². The number of carboxylic acids is 1. The van der Waals surface area contributed by atoms with Crippen molar-refractivity contribution in [2.45, 2.75) is 18.4 Å². The molecule has 148 valence electrons. The number of aliphatic carboxylic acids is 1. The van der Waals surface area contributed by atoms with Crippen LogP contribution in [-0.4, -0.2) is 31.1 Å². The highest BCUT2D eigenvalue weighted by atomic mass is 16.5. The van der Waals surface area contributed by atoms with Crippen molar-refractivity contribution in [1.29, 1.82) is 0 Å². The van der Waals surface area contributed by atoms with Crippen molar-refractivity contribution in [2.24, 2.45) is 5.92 Å². The van der Waals surface area contributed by atoms with E-state index < -0.39 is 23.9 Å². The molecule has 7 heteroatoms. The van der Waals surface area contributed by atoms with E-state index in [9.17, 15) is 19.5 Å². The number of rotatable bonds is 4. The molecule has 2 aromatic carbocycles. The van der Waals surface area contributed by atoms with Crippen LogP contribution in [0.1, 0.15) is 38.6 Å². The molecule has 0 unspecified atom stereocenters. The predicted molar refractivity (Wildman–Crippen MR) is 102 cm³/mol. The molecule has 2 aliphatic rings. The quantitative estimate of drug-likeness (QED) is 0.481. The largest absolute Gasteiger partial charge is 0.548 e. The van der Waals surface area contributed by atoms with Crippen LogP contribution in [0.3, 0.4) is 0 Å². The number of carbonyl (C=O) groups is 3. The first-order valence-corrected chi connectivity index (χ1v) is 9.17. The lowest BCUT2D eigenvalue weighted by molar-refractivity contribution is -0.308. The molecule has 7 nitrogen and oxygen atoms in total. The third-order valence-electron chi connectivity index (χ3n) is 5.35. The molecule has 0 bridgehead atoms. The number of fused-ring (bicyclic) bond motifs is 3. The fraction of sp³-hybridized carbons (Fsp3) is 0.227. The summed E-state index contributed by atoms with van der Waals surface area (Å²) in [5.74, 6) is -2.55. The molecule has 1 aliphatic carbocycles. The second-order valence-corrected chi connectivity index (χ2v) is 6.97. The summed E-state index contributed by atoms with van der Waals surface area (Å²) in [6.07, 6.45) is 4.53. The van der Waals surface area contributed by atoms with Gasteiger partial charge in [0, 0.05) is 11.6 Å². The Morgan fingerprint density at radius 1 is 1.10 bits per heavy atom. The van der Waals surface area contributed by atoms with Crippen LogP contribution >= 0.6 is 0 Å². The average molecular weight is 392 g/mol. The highest BCUT2D eigenvalue weighted by molar-refractivity contribution is 5.96. The van der Waals surface area contributed by atoms with Gasteiger partial charge in [-0.2, -0.15) is 0 Å². The van der Waals surface area contributed by atoms with Crippen LogP contribution in [0, 0.1) is 5.92 Å². The molecule has 0 aromatic heterocycles. The average Bonchev–Trinajstić information content (AvgIpc) is 3.22. The Balaban J connectivity index is 1.63. The van der Waals surface area contributed by atoms with Crippen molar-refractivity contribution in [1.82, 2.24) is 0 Å². The molecule has 1 aliphatic heterocycles. The van der Waals surface area contributed by atoms with E-state index in [-0.39, 0.29) is 23.1 Å². The summed E-state index contributed by atoms with van der Waals surface area (Å²) < 4.78 is 10.2. The van der Waals surface area contributed by atoms with Crippen molar-refractivity contribution in [3.8, 4) is 5.75 Å². The van der Waals surface area contributed by atoms with Gasteiger partial charge in [-0.25, -0.2) is 9.59 Å². The van der Waals surface area contributed by atoms with Gasteiger partial charge >= 0.3 is 11.9 Å². The lowest BCUT2D eigenvalue weighted by atomic mass is 9.79. The molecule has 0 radical (unpaired) electrons. The van der Waals surface area contributed by atoms with Crippen molar-refractivity contribution in [2.75, 3.05) is 12.4 Å². The van der Waals surface area contributed by atoms with Gasteiger partial charge in [0.2, 0.25) is 0 Å². The Kier molecular flexibility index (Phi) is 4.80. The van der Waals surface area contributed by atoms with E-state index in [0.29, 0.717) is 17.7 Å². The topological polar surface area (TPSA) is 105 Å². The van der Waals surface area contributed by atoms with Crippen LogP contribution in [0.4, 0.5) is 5.69 Å². The highest BCUT2D eigenvalue weighted by Gasteiger charge is 2.38. The van der Waals surface area contributed by atoms with Crippen LogP contribution in [0.25, 0.3) is 0 Å². The van der Waals surface area contributed by atoms with E-state index in [1.807, 2.05) is 12.2 Å². The van der Waals surface area contributed by atoms with Crippen LogP contribution in [0.2, 0.25) is 0 Å². The van der Waals surface area contributed by atoms with Gasteiger partial charge < -0.3 is 24.7 Å². The second kappa shape index (κ2) is 7.43. The standard InChI is InChI=1S/C22H19NO6/c1-28-22(27)15-5-2-3-8-18(15)29-21(26)12-9-10-17-16(11-12)13-6-4-7-14(13)19(23-17)20(24)25/h2-6,8-11,13-14,19,23H,7H2,1H3,(H,24,25)/p-1/t13-,14+,19-/m1/s1. The molecule has 0 amide bonds. The third kappa shape index (κ3) is 3.35. The first-order chi connectivity index (χ1) is 14.0. The zero-order valence-electron chi connectivity index (χ0n) is 15.6. The SMILES string of the molecule is COC(=O)c1ccccc1OC(=O)c1ccc2c(c1)[C@@H]1C=CC[C@@H]1[C@H](C(=O)[O-])N2. The number of para-hydroxylation sites is 1. The number of esters is 2. The van der Waals surface area contributed by atoms with Crippen LogP contribution in [-0.2, 0) is 9.53 Å². The maximum Gasteiger partial charge on any atom is 0.343 e. The molecule has 1 heterocycles. The number of benzene rings is 2. The number of hydrogen-bond donors (Lipinski definition) is 1. The number of carbonyl (C=O) groups excluding carboxylic acids is 3. The predicted octanol–water partition coefficient (Wildman–Crippen LogP) is 1.90. The molecule has 4 rings (SSSR count). The number of allylic oxidation sites excluding steroid dienone is 2. The molecule has 0 saturated heterocycles. The normalized spacial score (nSPS) is 21.5. The Morgan fingerprint density at radius 3 is 2.66 bits per heavy atom. The number of nitrogens with one attached hydrogen (secondary N) is 1. The number of ether oxygens (including phenoxy) is 2. The Labute approximate surface area is 166 Å². The minimum Gasteiger partial charge on any atom is -0.548 e. The zero-order valence-corrected chi connectivity index (χ0v) is 15.6. The maximum atomic E-state index is 12.7. The van der Waals surface area contributed by atoms with E-state index in [1.54, 1.807) is 30.3 Å². The van der Waals surface area contributed by atoms with Crippen LogP contribution in [0.5, 0.6) is 5.75 Å². The summed E-state index contributed by atoms with van der Waals surface area (Å²) >= 11 is 0. The van der Waals surface area contributed by atoms with E-state index in [0.717, 1.165) is 5.56 Å². The molecule has 29 heavy (non-hydrogen) atoms. The maximum absolute atomic E-state index is 12.7. The van der Waals surface area contributed by atoms with Crippen LogP contribution < -0.4 is 15.2 Å².